The Morgan fingerprint density at radius 3 is 2.88 bits per heavy atom. The SMILES string of the molecule is Cl.NCC1CCCN1Cc1ccc(F)cc1Br. The third-order valence-electron chi connectivity index (χ3n) is 3.16. The summed E-state index contributed by atoms with van der Waals surface area (Å²) in [7, 11) is 0. The molecule has 1 aromatic carbocycles. The second-order valence-electron chi connectivity index (χ2n) is 4.24. The Hall–Kier alpha value is -0.160. The van der Waals surface area contributed by atoms with E-state index in [9.17, 15) is 4.39 Å². The van der Waals surface area contributed by atoms with Crippen LogP contribution in [0, 0.1) is 5.82 Å². The highest BCUT2D eigenvalue weighted by Crippen LogP contribution is 2.24. The highest BCUT2D eigenvalue weighted by Gasteiger charge is 2.23. The quantitative estimate of drug-likeness (QED) is 0.927. The zero-order chi connectivity index (χ0) is 11.5. The van der Waals surface area contributed by atoms with Gasteiger partial charge in [0.2, 0.25) is 0 Å². The zero-order valence-corrected chi connectivity index (χ0v) is 11.9. The van der Waals surface area contributed by atoms with Gasteiger partial charge < -0.3 is 5.73 Å². The van der Waals surface area contributed by atoms with E-state index in [-0.39, 0.29) is 18.2 Å². The Morgan fingerprint density at radius 2 is 2.24 bits per heavy atom. The van der Waals surface area contributed by atoms with Gasteiger partial charge in [0, 0.05) is 23.6 Å². The molecular formula is C12H17BrClFN2. The van der Waals surface area contributed by atoms with Gasteiger partial charge in [0.1, 0.15) is 5.82 Å². The number of rotatable bonds is 3. The summed E-state index contributed by atoms with van der Waals surface area (Å²) in [6.07, 6.45) is 2.38. The maximum absolute atomic E-state index is 12.9. The van der Waals surface area contributed by atoms with E-state index in [1.165, 1.54) is 25.0 Å². The standard InChI is InChI=1S/C12H16BrFN2.ClH/c13-12-6-10(14)4-3-9(12)8-16-5-1-2-11(16)7-15;/h3-4,6,11H,1-2,5,7-8,15H2;1H. The van der Waals surface area contributed by atoms with Crippen LogP contribution in [0.4, 0.5) is 4.39 Å². The number of hydrogen-bond acceptors (Lipinski definition) is 2. The molecule has 96 valence electrons. The monoisotopic (exact) mass is 322 g/mol. The van der Waals surface area contributed by atoms with Crippen molar-refractivity contribution in [2.75, 3.05) is 13.1 Å². The van der Waals surface area contributed by atoms with E-state index in [1.807, 2.05) is 6.07 Å². The average molecular weight is 324 g/mol. The molecule has 2 nitrogen and oxygen atoms in total. The highest BCUT2D eigenvalue weighted by molar-refractivity contribution is 9.10. The third kappa shape index (κ3) is 3.65. The van der Waals surface area contributed by atoms with Crippen molar-refractivity contribution < 1.29 is 4.39 Å². The lowest BCUT2D eigenvalue weighted by Gasteiger charge is -2.23. The molecule has 0 amide bonds. The Morgan fingerprint density at radius 1 is 1.47 bits per heavy atom. The lowest BCUT2D eigenvalue weighted by Crippen LogP contribution is -2.34. The number of nitrogens with zero attached hydrogens (tertiary/aromatic N) is 1. The third-order valence-corrected chi connectivity index (χ3v) is 3.90. The van der Waals surface area contributed by atoms with Crippen molar-refractivity contribution in [2.45, 2.75) is 25.4 Å². The minimum Gasteiger partial charge on any atom is -0.329 e. The first-order valence-corrected chi connectivity index (χ1v) is 6.38. The fraction of sp³-hybridized carbons (Fsp3) is 0.500. The lowest BCUT2D eigenvalue weighted by atomic mass is 10.2. The van der Waals surface area contributed by atoms with Crippen molar-refractivity contribution in [3.63, 3.8) is 0 Å². The molecule has 1 heterocycles. The molecule has 0 bridgehead atoms. The van der Waals surface area contributed by atoms with Gasteiger partial charge in [-0.15, -0.1) is 12.4 Å². The molecular weight excluding hydrogens is 307 g/mol. The summed E-state index contributed by atoms with van der Waals surface area (Å²) in [6, 6.07) is 5.35. The first-order chi connectivity index (χ1) is 7.70. The van der Waals surface area contributed by atoms with E-state index in [4.69, 9.17) is 5.73 Å². The van der Waals surface area contributed by atoms with Gasteiger partial charge in [-0.3, -0.25) is 4.90 Å². The van der Waals surface area contributed by atoms with E-state index in [1.54, 1.807) is 0 Å². The predicted molar refractivity (Wildman–Crippen MR) is 73.8 cm³/mol. The second-order valence-corrected chi connectivity index (χ2v) is 5.09. The molecule has 0 spiro atoms. The van der Waals surface area contributed by atoms with Crippen molar-refractivity contribution in [2.24, 2.45) is 5.73 Å². The van der Waals surface area contributed by atoms with Crippen LogP contribution in [0.2, 0.25) is 0 Å². The van der Waals surface area contributed by atoms with Crippen LogP contribution >= 0.6 is 28.3 Å². The van der Waals surface area contributed by atoms with Crippen LogP contribution in [0.3, 0.4) is 0 Å². The van der Waals surface area contributed by atoms with E-state index >= 15 is 0 Å². The molecule has 2 rings (SSSR count). The summed E-state index contributed by atoms with van der Waals surface area (Å²) in [5.74, 6) is -0.201. The van der Waals surface area contributed by atoms with Crippen LogP contribution < -0.4 is 5.73 Å². The van der Waals surface area contributed by atoms with E-state index in [2.05, 4.69) is 20.8 Å². The Kier molecular flexibility index (Phi) is 5.86. The molecule has 1 aromatic rings. The minimum absolute atomic E-state index is 0. The second kappa shape index (κ2) is 6.69. The summed E-state index contributed by atoms with van der Waals surface area (Å²) in [4.78, 5) is 2.37. The van der Waals surface area contributed by atoms with Gasteiger partial charge in [0.15, 0.2) is 0 Å². The van der Waals surface area contributed by atoms with Gasteiger partial charge in [0.25, 0.3) is 0 Å². The van der Waals surface area contributed by atoms with Crippen LogP contribution in [0.5, 0.6) is 0 Å². The molecule has 17 heavy (non-hydrogen) atoms. The Balaban J connectivity index is 0.00000144. The van der Waals surface area contributed by atoms with E-state index < -0.39 is 0 Å². The number of likely N-dealkylation sites (tertiary alicyclic amines) is 1. The summed E-state index contributed by atoms with van der Waals surface area (Å²) < 4.78 is 13.8. The number of nitrogens with two attached hydrogens (primary N) is 1. The maximum atomic E-state index is 12.9. The van der Waals surface area contributed by atoms with Crippen LogP contribution in [-0.2, 0) is 6.54 Å². The minimum atomic E-state index is -0.201. The molecule has 1 fully saturated rings. The summed E-state index contributed by atoms with van der Waals surface area (Å²) in [5, 5.41) is 0. The molecule has 0 radical (unpaired) electrons. The largest absolute Gasteiger partial charge is 0.329 e. The summed E-state index contributed by atoms with van der Waals surface area (Å²) in [5.41, 5.74) is 6.85. The van der Waals surface area contributed by atoms with Gasteiger partial charge in [-0.2, -0.15) is 0 Å². The Labute approximate surface area is 116 Å². The normalized spacial score (nSPS) is 20.3. The van der Waals surface area contributed by atoms with Crippen LogP contribution in [0.15, 0.2) is 22.7 Å². The average Bonchev–Trinajstić information content (AvgIpc) is 2.69. The van der Waals surface area contributed by atoms with Crippen LogP contribution in [0.25, 0.3) is 0 Å². The smallest absolute Gasteiger partial charge is 0.124 e. The first kappa shape index (κ1) is 14.9. The van der Waals surface area contributed by atoms with Crippen molar-refractivity contribution in [1.29, 1.82) is 0 Å². The molecule has 1 aliphatic rings. The summed E-state index contributed by atoms with van der Waals surface area (Å²) in [6.45, 7) is 2.65. The molecule has 2 N–H and O–H groups in total. The molecule has 1 aliphatic heterocycles. The van der Waals surface area contributed by atoms with Gasteiger partial charge in [-0.25, -0.2) is 4.39 Å². The lowest BCUT2D eigenvalue weighted by molar-refractivity contribution is 0.249. The van der Waals surface area contributed by atoms with Crippen LogP contribution in [0.1, 0.15) is 18.4 Å². The predicted octanol–water partition coefficient (Wildman–Crippen LogP) is 2.93. The van der Waals surface area contributed by atoms with Crippen LogP contribution in [-0.4, -0.2) is 24.0 Å². The number of hydrogen-bond donors (Lipinski definition) is 1. The van der Waals surface area contributed by atoms with Crippen molar-refractivity contribution in [3.05, 3.63) is 34.1 Å². The molecule has 1 unspecified atom stereocenters. The fourth-order valence-corrected chi connectivity index (χ4v) is 2.72. The van der Waals surface area contributed by atoms with Crippen molar-refractivity contribution in [3.8, 4) is 0 Å². The molecule has 5 heteroatoms. The molecule has 1 saturated heterocycles. The van der Waals surface area contributed by atoms with Crippen molar-refractivity contribution in [1.82, 2.24) is 4.90 Å². The summed E-state index contributed by atoms with van der Waals surface area (Å²) >= 11 is 3.40. The van der Waals surface area contributed by atoms with E-state index in [0.717, 1.165) is 23.1 Å². The number of benzene rings is 1. The van der Waals surface area contributed by atoms with Gasteiger partial charge in [0.05, 0.1) is 0 Å². The van der Waals surface area contributed by atoms with Gasteiger partial charge in [-0.1, -0.05) is 22.0 Å². The molecule has 0 aliphatic carbocycles. The maximum Gasteiger partial charge on any atom is 0.124 e. The fourth-order valence-electron chi connectivity index (χ4n) is 2.24. The van der Waals surface area contributed by atoms with Gasteiger partial charge >= 0.3 is 0 Å². The van der Waals surface area contributed by atoms with E-state index in [0.29, 0.717) is 12.6 Å². The zero-order valence-electron chi connectivity index (χ0n) is 9.53. The topological polar surface area (TPSA) is 29.3 Å². The first-order valence-electron chi connectivity index (χ1n) is 5.58. The highest BCUT2D eigenvalue weighted by atomic mass is 79.9. The van der Waals surface area contributed by atoms with Gasteiger partial charge in [-0.05, 0) is 37.1 Å². The van der Waals surface area contributed by atoms with Crippen molar-refractivity contribution >= 4 is 28.3 Å². The molecule has 0 saturated carbocycles. The Bertz CT molecular complexity index is 376. The molecule has 1 atom stereocenters. The number of halogens is 3. The molecule has 0 aromatic heterocycles.